The van der Waals surface area contributed by atoms with Crippen LogP contribution in [0, 0.1) is 11.3 Å². The Balaban J connectivity index is 1.79. The Labute approximate surface area is 109 Å². The number of aliphatic hydroxyl groups is 2. The molecular weight excluding hydrogens is 246 g/mol. The first-order chi connectivity index (χ1) is 9.17. The second-order valence-electron chi connectivity index (χ2n) is 5.60. The summed E-state index contributed by atoms with van der Waals surface area (Å²) in [7, 11) is 0. The lowest BCUT2D eigenvalue weighted by molar-refractivity contribution is 0.0600. The van der Waals surface area contributed by atoms with Crippen LogP contribution < -0.4 is 5.73 Å². The predicted molar refractivity (Wildman–Crippen MR) is 67.0 cm³/mol. The highest BCUT2D eigenvalue weighted by molar-refractivity contribution is 5.81. The van der Waals surface area contributed by atoms with E-state index in [2.05, 4.69) is 15.0 Å². The van der Waals surface area contributed by atoms with Gasteiger partial charge in [0, 0.05) is 11.5 Å². The summed E-state index contributed by atoms with van der Waals surface area (Å²) in [5, 5.41) is 19.6. The largest absolute Gasteiger partial charge is 0.396 e. The monoisotopic (exact) mass is 261 g/mol. The van der Waals surface area contributed by atoms with Crippen molar-refractivity contribution in [3.05, 3.63) is 12.7 Å². The number of anilines is 1. The molecule has 2 aromatic rings. The van der Waals surface area contributed by atoms with E-state index in [1.165, 1.54) is 6.33 Å². The fourth-order valence-electron chi connectivity index (χ4n) is 3.59. The zero-order valence-corrected chi connectivity index (χ0v) is 10.3. The number of nitrogen functional groups attached to an aromatic ring is 1. The van der Waals surface area contributed by atoms with Gasteiger partial charge in [-0.1, -0.05) is 0 Å². The van der Waals surface area contributed by atoms with E-state index in [9.17, 15) is 10.2 Å². The van der Waals surface area contributed by atoms with Crippen molar-refractivity contribution in [2.24, 2.45) is 11.3 Å². The minimum absolute atomic E-state index is 0.0408. The van der Waals surface area contributed by atoms with E-state index in [0.29, 0.717) is 29.3 Å². The molecule has 2 fully saturated rings. The van der Waals surface area contributed by atoms with Gasteiger partial charge in [-0.3, -0.25) is 0 Å². The minimum Gasteiger partial charge on any atom is -0.396 e. The van der Waals surface area contributed by atoms with Crippen molar-refractivity contribution in [2.75, 3.05) is 12.3 Å². The SMILES string of the molecule is Nc1ncnc2c1ncn2C1C[C@H](O)[C@]2(CO)C[C@H]12. The number of fused-ring (bicyclic) bond motifs is 2. The lowest BCUT2D eigenvalue weighted by Crippen LogP contribution is -2.22. The second-order valence-corrected chi connectivity index (χ2v) is 5.60. The van der Waals surface area contributed by atoms with Crippen molar-refractivity contribution >= 4 is 17.0 Å². The third kappa shape index (κ3) is 1.26. The normalized spacial score (nSPS) is 36.6. The van der Waals surface area contributed by atoms with Crippen molar-refractivity contribution in [3.63, 3.8) is 0 Å². The third-order valence-corrected chi connectivity index (χ3v) is 4.81. The number of imidazole rings is 1. The lowest BCUT2D eigenvalue weighted by Gasteiger charge is -2.16. The molecule has 2 saturated carbocycles. The van der Waals surface area contributed by atoms with Crippen LogP contribution in [0.5, 0.6) is 0 Å². The van der Waals surface area contributed by atoms with Crippen LogP contribution in [-0.4, -0.2) is 42.4 Å². The highest BCUT2D eigenvalue weighted by Gasteiger charge is 2.67. The molecule has 1 unspecified atom stereocenters. The molecule has 4 N–H and O–H groups in total. The molecule has 100 valence electrons. The van der Waals surface area contributed by atoms with Crippen LogP contribution in [0.15, 0.2) is 12.7 Å². The van der Waals surface area contributed by atoms with Gasteiger partial charge in [0.15, 0.2) is 11.5 Å². The highest BCUT2D eigenvalue weighted by Crippen LogP contribution is 2.67. The van der Waals surface area contributed by atoms with Gasteiger partial charge in [0.05, 0.1) is 19.0 Å². The maximum Gasteiger partial charge on any atom is 0.165 e. The Kier molecular flexibility index (Phi) is 2.01. The summed E-state index contributed by atoms with van der Waals surface area (Å²) in [6.07, 6.45) is 4.16. The molecule has 0 bridgehead atoms. The molecule has 4 rings (SSSR count). The number of aromatic nitrogens is 4. The van der Waals surface area contributed by atoms with Crippen LogP contribution in [-0.2, 0) is 0 Å². The van der Waals surface area contributed by atoms with Gasteiger partial charge in [-0.05, 0) is 18.8 Å². The van der Waals surface area contributed by atoms with Crippen LogP contribution >= 0.6 is 0 Å². The fourth-order valence-corrected chi connectivity index (χ4v) is 3.59. The summed E-state index contributed by atoms with van der Waals surface area (Å²) in [5.41, 5.74) is 6.77. The molecule has 4 atom stereocenters. The topological polar surface area (TPSA) is 110 Å². The number of aliphatic hydroxyl groups excluding tert-OH is 2. The number of nitrogens with zero attached hydrogens (tertiary/aromatic N) is 4. The fraction of sp³-hybridized carbons (Fsp3) is 0.583. The summed E-state index contributed by atoms with van der Waals surface area (Å²) in [5.74, 6) is 0.660. The summed E-state index contributed by atoms with van der Waals surface area (Å²) >= 11 is 0. The number of nitrogens with two attached hydrogens (primary N) is 1. The number of hydrogen-bond donors (Lipinski definition) is 3. The van der Waals surface area contributed by atoms with Gasteiger partial charge >= 0.3 is 0 Å². The van der Waals surface area contributed by atoms with Gasteiger partial charge in [-0.25, -0.2) is 15.0 Å². The molecule has 2 heterocycles. The molecule has 2 aromatic heterocycles. The van der Waals surface area contributed by atoms with Crippen LogP contribution in [0.2, 0.25) is 0 Å². The van der Waals surface area contributed by atoms with E-state index in [-0.39, 0.29) is 18.1 Å². The quantitative estimate of drug-likeness (QED) is 0.685. The molecule has 0 spiro atoms. The maximum atomic E-state index is 10.1. The highest BCUT2D eigenvalue weighted by atomic mass is 16.3. The van der Waals surface area contributed by atoms with Gasteiger partial charge in [0.25, 0.3) is 0 Å². The van der Waals surface area contributed by atoms with Crippen molar-refractivity contribution in [1.29, 1.82) is 0 Å². The van der Waals surface area contributed by atoms with E-state index in [1.807, 2.05) is 4.57 Å². The molecule has 0 radical (unpaired) electrons. The van der Waals surface area contributed by atoms with Crippen LogP contribution in [0.25, 0.3) is 11.2 Å². The van der Waals surface area contributed by atoms with Crippen LogP contribution in [0.4, 0.5) is 5.82 Å². The average molecular weight is 261 g/mol. The smallest absolute Gasteiger partial charge is 0.165 e. The lowest BCUT2D eigenvalue weighted by atomic mass is 10.0. The summed E-state index contributed by atoms with van der Waals surface area (Å²) in [6.45, 7) is 0.0408. The minimum atomic E-state index is -0.455. The summed E-state index contributed by atoms with van der Waals surface area (Å²) < 4.78 is 1.96. The maximum absolute atomic E-state index is 10.1. The van der Waals surface area contributed by atoms with Crippen molar-refractivity contribution in [1.82, 2.24) is 19.5 Å². The molecule has 7 heteroatoms. The number of rotatable bonds is 2. The van der Waals surface area contributed by atoms with E-state index in [4.69, 9.17) is 5.73 Å². The van der Waals surface area contributed by atoms with Crippen LogP contribution in [0.3, 0.4) is 0 Å². The van der Waals surface area contributed by atoms with Gasteiger partial charge in [-0.15, -0.1) is 0 Å². The molecule has 19 heavy (non-hydrogen) atoms. The Morgan fingerprint density at radius 2 is 2.26 bits per heavy atom. The molecule has 0 amide bonds. The van der Waals surface area contributed by atoms with Crippen LogP contribution in [0.1, 0.15) is 18.9 Å². The zero-order chi connectivity index (χ0) is 13.2. The van der Waals surface area contributed by atoms with Gasteiger partial charge < -0.3 is 20.5 Å². The van der Waals surface area contributed by atoms with Crippen molar-refractivity contribution in [3.8, 4) is 0 Å². The standard InChI is InChI=1S/C12H15N5O2/c13-10-9-11(15-4-14-10)17(5-16-9)7-1-8(19)12(3-18)2-6(7)12/h4-8,18-19H,1-3H2,(H2,13,14,15)/t6-,7?,8+,12+/m1/s1. The average Bonchev–Trinajstić information content (AvgIpc) is 2.89. The van der Waals surface area contributed by atoms with Crippen molar-refractivity contribution in [2.45, 2.75) is 25.0 Å². The molecule has 0 saturated heterocycles. The second kappa shape index (κ2) is 3.43. The summed E-state index contributed by atoms with van der Waals surface area (Å²) in [6, 6.07) is 0.126. The van der Waals surface area contributed by atoms with E-state index >= 15 is 0 Å². The molecule has 2 aliphatic carbocycles. The molecular formula is C12H15N5O2. The Hall–Kier alpha value is -1.73. The molecule has 7 nitrogen and oxygen atoms in total. The van der Waals surface area contributed by atoms with Gasteiger partial charge in [-0.2, -0.15) is 0 Å². The zero-order valence-electron chi connectivity index (χ0n) is 10.3. The van der Waals surface area contributed by atoms with Crippen molar-refractivity contribution < 1.29 is 10.2 Å². The van der Waals surface area contributed by atoms with E-state index in [0.717, 1.165) is 6.42 Å². The van der Waals surface area contributed by atoms with Gasteiger partial charge in [0.1, 0.15) is 11.8 Å². The van der Waals surface area contributed by atoms with E-state index < -0.39 is 6.10 Å². The Morgan fingerprint density at radius 3 is 2.95 bits per heavy atom. The Bertz CT molecular complexity index is 657. The predicted octanol–water partition coefficient (Wildman–Crippen LogP) is -0.287. The molecule has 0 aromatic carbocycles. The Morgan fingerprint density at radius 1 is 1.42 bits per heavy atom. The van der Waals surface area contributed by atoms with Gasteiger partial charge in [0.2, 0.25) is 0 Å². The first kappa shape index (κ1) is 11.1. The molecule has 2 aliphatic rings. The summed E-state index contributed by atoms with van der Waals surface area (Å²) in [4.78, 5) is 12.4. The molecule has 0 aliphatic heterocycles. The third-order valence-electron chi connectivity index (χ3n) is 4.81. The first-order valence-corrected chi connectivity index (χ1v) is 6.39. The first-order valence-electron chi connectivity index (χ1n) is 6.39. The number of hydrogen-bond acceptors (Lipinski definition) is 6. The van der Waals surface area contributed by atoms with E-state index in [1.54, 1.807) is 6.33 Å².